The smallest absolute Gasteiger partial charge is 0.123 e. The molecule has 0 unspecified atom stereocenters. The Morgan fingerprint density at radius 3 is 2.61 bits per heavy atom. The van der Waals surface area contributed by atoms with Crippen LogP contribution in [0.5, 0.6) is 0 Å². The fraction of sp³-hybridized carbons (Fsp3) is 0.0714. The summed E-state index contributed by atoms with van der Waals surface area (Å²) in [5.41, 5.74) is 9.48. The number of fused-ring (bicyclic) bond motifs is 1. The van der Waals surface area contributed by atoms with E-state index in [2.05, 4.69) is 5.10 Å². The van der Waals surface area contributed by atoms with Crippen LogP contribution in [0.4, 0.5) is 10.1 Å². The van der Waals surface area contributed by atoms with Crippen LogP contribution in [-0.2, 0) is 0 Å². The van der Waals surface area contributed by atoms with Gasteiger partial charge in [0.15, 0.2) is 0 Å². The van der Waals surface area contributed by atoms with Gasteiger partial charge in [0.1, 0.15) is 5.82 Å². The summed E-state index contributed by atoms with van der Waals surface area (Å²) in [5.74, 6) is -0.258. The number of benzene rings is 2. The average molecular weight is 241 g/mol. The first kappa shape index (κ1) is 10.8. The summed E-state index contributed by atoms with van der Waals surface area (Å²) in [5, 5.41) is 5.22. The van der Waals surface area contributed by atoms with Gasteiger partial charge in [-0.15, -0.1) is 0 Å². The van der Waals surface area contributed by atoms with E-state index in [-0.39, 0.29) is 5.82 Å². The van der Waals surface area contributed by atoms with Crippen LogP contribution in [0, 0.1) is 12.7 Å². The maximum Gasteiger partial charge on any atom is 0.123 e. The van der Waals surface area contributed by atoms with Crippen molar-refractivity contribution in [2.45, 2.75) is 6.92 Å². The van der Waals surface area contributed by atoms with Gasteiger partial charge in [-0.2, -0.15) is 5.10 Å². The van der Waals surface area contributed by atoms with Crippen molar-refractivity contribution in [3.63, 3.8) is 0 Å². The molecule has 3 rings (SSSR count). The highest BCUT2D eigenvalue weighted by molar-refractivity contribution is 5.91. The highest BCUT2D eigenvalue weighted by Crippen LogP contribution is 2.25. The third-order valence-electron chi connectivity index (χ3n) is 2.94. The number of nitrogens with zero attached hydrogens (tertiary/aromatic N) is 2. The lowest BCUT2D eigenvalue weighted by molar-refractivity contribution is 0.627. The zero-order valence-electron chi connectivity index (χ0n) is 9.89. The number of nitrogens with two attached hydrogens (primary N) is 1. The lowest BCUT2D eigenvalue weighted by atomic mass is 10.1. The molecule has 0 aliphatic rings. The second kappa shape index (κ2) is 3.84. The van der Waals surface area contributed by atoms with Gasteiger partial charge >= 0.3 is 0 Å². The topological polar surface area (TPSA) is 43.8 Å². The van der Waals surface area contributed by atoms with E-state index in [1.165, 1.54) is 12.1 Å². The predicted molar refractivity (Wildman–Crippen MR) is 70.2 cm³/mol. The molecular weight excluding hydrogens is 229 g/mol. The molecule has 90 valence electrons. The first-order chi connectivity index (χ1) is 8.65. The zero-order chi connectivity index (χ0) is 12.7. The van der Waals surface area contributed by atoms with Crippen LogP contribution >= 0.6 is 0 Å². The number of rotatable bonds is 1. The molecular formula is C14H12FN3. The molecule has 2 aromatic carbocycles. The van der Waals surface area contributed by atoms with Gasteiger partial charge in [0, 0.05) is 11.1 Å². The summed E-state index contributed by atoms with van der Waals surface area (Å²) in [4.78, 5) is 0. The molecule has 1 heterocycles. The molecule has 0 saturated carbocycles. The van der Waals surface area contributed by atoms with E-state index in [0.717, 1.165) is 22.2 Å². The number of halogens is 1. The van der Waals surface area contributed by atoms with Crippen molar-refractivity contribution in [2.75, 3.05) is 5.73 Å². The number of hydrogen-bond donors (Lipinski definition) is 1. The lowest BCUT2D eigenvalue weighted by Gasteiger charge is -2.05. The zero-order valence-corrected chi connectivity index (χ0v) is 9.89. The quantitative estimate of drug-likeness (QED) is 0.665. The lowest BCUT2D eigenvalue weighted by Crippen LogP contribution is -1.96. The largest absolute Gasteiger partial charge is 0.398 e. The minimum atomic E-state index is -0.258. The third-order valence-corrected chi connectivity index (χ3v) is 2.94. The van der Waals surface area contributed by atoms with E-state index in [1.54, 1.807) is 23.0 Å². The Morgan fingerprint density at radius 1 is 1.17 bits per heavy atom. The number of hydrogen-bond acceptors (Lipinski definition) is 2. The molecule has 1 aromatic heterocycles. The monoisotopic (exact) mass is 241 g/mol. The molecule has 3 nitrogen and oxygen atoms in total. The second-order valence-corrected chi connectivity index (χ2v) is 4.32. The Hall–Kier alpha value is -2.36. The number of aryl methyl sites for hydroxylation is 1. The number of nitrogen functional groups attached to an aromatic ring is 1. The molecule has 18 heavy (non-hydrogen) atoms. The second-order valence-electron chi connectivity index (χ2n) is 4.32. The number of aromatic nitrogens is 2. The molecule has 0 bridgehead atoms. The van der Waals surface area contributed by atoms with Crippen molar-refractivity contribution in [3.8, 4) is 5.69 Å². The van der Waals surface area contributed by atoms with E-state index in [1.807, 2.05) is 19.1 Å². The van der Waals surface area contributed by atoms with Crippen LogP contribution in [0.2, 0.25) is 0 Å². The Labute approximate surface area is 104 Å². The van der Waals surface area contributed by atoms with Crippen molar-refractivity contribution in [1.82, 2.24) is 9.78 Å². The highest BCUT2D eigenvalue weighted by atomic mass is 19.1. The minimum Gasteiger partial charge on any atom is -0.398 e. The minimum absolute atomic E-state index is 0.258. The molecule has 0 radical (unpaired) electrons. The Bertz CT molecular complexity index is 714. The van der Waals surface area contributed by atoms with Crippen molar-refractivity contribution in [3.05, 3.63) is 54.0 Å². The molecule has 0 fully saturated rings. The predicted octanol–water partition coefficient (Wildman–Crippen LogP) is 3.06. The van der Waals surface area contributed by atoms with Crippen LogP contribution in [-0.4, -0.2) is 9.78 Å². The SMILES string of the molecule is Cc1cc(N)c2cnn(-c3ccc(F)cc3)c2c1. The van der Waals surface area contributed by atoms with Crippen molar-refractivity contribution >= 4 is 16.6 Å². The normalized spacial score (nSPS) is 11.0. The van der Waals surface area contributed by atoms with Crippen LogP contribution in [0.3, 0.4) is 0 Å². The molecule has 0 aliphatic carbocycles. The summed E-state index contributed by atoms with van der Waals surface area (Å²) >= 11 is 0. The van der Waals surface area contributed by atoms with Crippen LogP contribution < -0.4 is 5.73 Å². The molecule has 3 aromatic rings. The highest BCUT2D eigenvalue weighted by Gasteiger charge is 2.08. The van der Waals surface area contributed by atoms with Crippen molar-refractivity contribution in [2.24, 2.45) is 0 Å². The van der Waals surface area contributed by atoms with Crippen molar-refractivity contribution in [1.29, 1.82) is 0 Å². The fourth-order valence-corrected chi connectivity index (χ4v) is 2.09. The van der Waals surface area contributed by atoms with E-state index in [4.69, 9.17) is 5.73 Å². The molecule has 0 aliphatic heterocycles. The summed E-state index contributed by atoms with van der Waals surface area (Å²) in [6.45, 7) is 1.98. The average Bonchev–Trinajstić information content (AvgIpc) is 2.74. The van der Waals surface area contributed by atoms with Gasteiger partial charge in [0.2, 0.25) is 0 Å². The third kappa shape index (κ3) is 1.62. The van der Waals surface area contributed by atoms with Gasteiger partial charge in [-0.1, -0.05) is 0 Å². The maximum atomic E-state index is 12.9. The van der Waals surface area contributed by atoms with E-state index in [9.17, 15) is 4.39 Å². The maximum absolute atomic E-state index is 12.9. The molecule has 0 saturated heterocycles. The standard InChI is InChI=1S/C14H12FN3/c1-9-6-13(16)12-8-17-18(14(12)7-9)11-4-2-10(15)3-5-11/h2-8H,16H2,1H3. The fourth-order valence-electron chi connectivity index (χ4n) is 2.09. The Balaban J connectivity index is 2.27. The van der Waals surface area contributed by atoms with E-state index in [0.29, 0.717) is 5.69 Å². The molecule has 0 spiro atoms. The summed E-state index contributed by atoms with van der Waals surface area (Å²) < 4.78 is 14.7. The van der Waals surface area contributed by atoms with Crippen LogP contribution in [0.15, 0.2) is 42.6 Å². The molecule has 2 N–H and O–H groups in total. The van der Waals surface area contributed by atoms with Gasteiger partial charge in [-0.3, -0.25) is 0 Å². The Kier molecular flexibility index (Phi) is 2.30. The molecule has 0 amide bonds. The van der Waals surface area contributed by atoms with Gasteiger partial charge in [0.05, 0.1) is 17.4 Å². The van der Waals surface area contributed by atoms with E-state index < -0.39 is 0 Å². The number of anilines is 1. The molecule has 0 atom stereocenters. The van der Waals surface area contributed by atoms with Crippen LogP contribution in [0.1, 0.15) is 5.56 Å². The van der Waals surface area contributed by atoms with Gasteiger partial charge < -0.3 is 5.73 Å². The van der Waals surface area contributed by atoms with E-state index >= 15 is 0 Å². The van der Waals surface area contributed by atoms with Gasteiger partial charge in [-0.05, 0) is 48.9 Å². The van der Waals surface area contributed by atoms with Gasteiger partial charge in [-0.25, -0.2) is 9.07 Å². The molecule has 4 heteroatoms. The summed E-state index contributed by atoms with van der Waals surface area (Å²) in [7, 11) is 0. The van der Waals surface area contributed by atoms with Gasteiger partial charge in [0.25, 0.3) is 0 Å². The van der Waals surface area contributed by atoms with Crippen molar-refractivity contribution < 1.29 is 4.39 Å². The Morgan fingerprint density at radius 2 is 1.89 bits per heavy atom. The van der Waals surface area contributed by atoms with Crippen LogP contribution in [0.25, 0.3) is 16.6 Å². The summed E-state index contributed by atoms with van der Waals surface area (Å²) in [6.07, 6.45) is 1.73. The summed E-state index contributed by atoms with van der Waals surface area (Å²) in [6, 6.07) is 10.2. The first-order valence-corrected chi connectivity index (χ1v) is 5.65. The first-order valence-electron chi connectivity index (χ1n) is 5.65.